The number of aromatic nitrogens is 10. The number of ether oxygens (including phenoxy) is 4. The van der Waals surface area contributed by atoms with E-state index in [1.54, 1.807) is 24.8 Å². The van der Waals surface area contributed by atoms with E-state index in [0.29, 0.717) is 61.1 Å². The number of hydrogen-bond acceptors (Lipinski definition) is 16. The lowest BCUT2D eigenvalue weighted by Gasteiger charge is -2.22. The topological polar surface area (TPSA) is 172 Å². The third kappa shape index (κ3) is 12.2. The largest absolute Gasteiger partial charge is 0.424 e. The normalized spacial score (nSPS) is 11.5. The Bertz CT molecular complexity index is 3580. The van der Waals surface area contributed by atoms with Gasteiger partial charge < -0.3 is 28.7 Å². The monoisotopic (exact) mass is 1070 g/mol. The molecule has 16 heteroatoms. The molecular weight excluding hydrogens is 1020 g/mol. The highest BCUT2D eigenvalue weighted by Gasteiger charge is 2.21. The van der Waals surface area contributed by atoms with Gasteiger partial charge in [-0.1, -0.05) is 109 Å². The fourth-order valence-corrected chi connectivity index (χ4v) is 9.30. The maximum Gasteiger partial charge on any atom is 0.330 e. The number of benzene rings is 6. The van der Waals surface area contributed by atoms with Crippen molar-refractivity contribution in [2.75, 3.05) is 9.80 Å². The minimum Gasteiger partial charge on any atom is -0.424 e. The molecule has 0 aliphatic carbocycles. The number of nitrogens with zero attached hydrogens (tertiary/aromatic N) is 12. The lowest BCUT2D eigenvalue weighted by atomic mass is 9.99. The molecule has 0 spiro atoms. The van der Waals surface area contributed by atoms with E-state index in [9.17, 15) is 0 Å². The maximum atomic E-state index is 6.45. The lowest BCUT2D eigenvalue weighted by Crippen LogP contribution is -2.25. The summed E-state index contributed by atoms with van der Waals surface area (Å²) < 4.78 is 25.8. The van der Waals surface area contributed by atoms with Crippen LogP contribution in [-0.4, -0.2) is 49.8 Å². The molecule has 13 heterocycles. The zero-order valence-corrected chi connectivity index (χ0v) is 43.9. The predicted molar refractivity (Wildman–Crippen MR) is 311 cm³/mol. The molecule has 6 aromatic heterocycles. The second-order valence-corrected chi connectivity index (χ2v) is 19.1. The molecule has 0 N–H and O–H groups in total. The van der Waals surface area contributed by atoms with Crippen molar-refractivity contribution in [1.29, 1.82) is 0 Å². The quantitative estimate of drug-likeness (QED) is 0.126. The average Bonchev–Trinajstić information content (AvgIpc) is 3.68. The Morgan fingerprint density at radius 1 is 0.244 bits per heavy atom. The highest BCUT2D eigenvalue weighted by atomic mass is 16.5. The van der Waals surface area contributed by atoms with Crippen molar-refractivity contribution in [3.05, 3.63) is 266 Å². The number of rotatable bonds is 10. The molecule has 0 saturated heterocycles. The fraction of sp³-hybridized carbons (Fsp3) is 0.0606. The smallest absolute Gasteiger partial charge is 0.330 e. The average molecular weight is 1070 g/mol. The summed E-state index contributed by atoms with van der Waals surface area (Å²) in [4.78, 5) is 51.2. The highest BCUT2D eigenvalue weighted by molar-refractivity contribution is 5.75. The first kappa shape index (κ1) is 50.3. The van der Waals surface area contributed by atoms with Crippen molar-refractivity contribution in [3.63, 3.8) is 0 Å². The van der Waals surface area contributed by atoms with Crippen LogP contribution in [0.15, 0.2) is 243 Å². The van der Waals surface area contributed by atoms with E-state index in [1.807, 2.05) is 192 Å². The second-order valence-electron chi connectivity index (χ2n) is 19.1. The SMILES string of the molecule is c1ccc(CN(Cc2ccccn2)c2nc3nc(n2)Oc2ccc(cc2)-c2cccc(c2)-c2ccc(cc2)Oc2nc(nc(N(Cc4ccccn4)Cc4ccccn4)n2)Oc2ccc(cc2)-c2cccc(c2)-c2ccc(cc2)O3)nc1. The van der Waals surface area contributed by atoms with Gasteiger partial charge in [0.15, 0.2) is 0 Å². The highest BCUT2D eigenvalue weighted by Crippen LogP contribution is 2.35. The van der Waals surface area contributed by atoms with Gasteiger partial charge in [-0.15, -0.1) is 9.97 Å². The molecule has 0 atom stereocenters. The van der Waals surface area contributed by atoms with Crippen LogP contribution in [0.1, 0.15) is 22.8 Å². The second kappa shape index (κ2) is 23.4. The molecule has 0 unspecified atom stereocenters. The van der Waals surface area contributed by atoms with Crippen molar-refractivity contribution >= 4 is 11.9 Å². The number of anilines is 2. The third-order valence-electron chi connectivity index (χ3n) is 13.4. The molecular formula is C66H48N12O4. The van der Waals surface area contributed by atoms with Crippen LogP contribution in [0.25, 0.3) is 44.5 Å². The Balaban J connectivity index is 0.863. The molecule has 82 heavy (non-hydrogen) atoms. The van der Waals surface area contributed by atoms with Gasteiger partial charge in [0.25, 0.3) is 0 Å². The summed E-state index contributed by atoms with van der Waals surface area (Å²) in [5.74, 6) is 2.72. The molecule has 7 aliphatic rings. The van der Waals surface area contributed by atoms with Gasteiger partial charge in [0.05, 0.1) is 49.0 Å². The van der Waals surface area contributed by atoms with Crippen LogP contribution < -0.4 is 28.7 Å². The predicted octanol–water partition coefficient (Wildman–Crippen LogP) is 14.2. The zero-order valence-electron chi connectivity index (χ0n) is 43.9. The summed E-state index contributed by atoms with van der Waals surface area (Å²) in [5, 5.41) is 0. The van der Waals surface area contributed by atoms with E-state index in [0.717, 1.165) is 67.3 Å². The van der Waals surface area contributed by atoms with Gasteiger partial charge >= 0.3 is 24.0 Å². The van der Waals surface area contributed by atoms with Crippen molar-refractivity contribution < 1.29 is 18.9 Å². The summed E-state index contributed by atoms with van der Waals surface area (Å²) in [6.07, 6.45) is 7.05. The van der Waals surface area contributed by atoms with Crippen molar-refractivity contribution in [1.82, 2.24) is 49.8 Å². The van der Waals surface area contributed by atoms with Crippen LogP contribution in [0.4, 0.5) is 11.9 Å². The van der Waals surface area contributed by atoms with Gasteiger partial charge in [-0.2, -0.15) is 19.9 Å². The fourth-order valence-electron chi connectivity index (χ4n) is 9.30. The summed E-state index contributed by atoms with van der Waals surface area (Å²) in [7, 11) is 0. The minimum absolute atomic E-state index is 0.0489. The maximum absolute atomic E-state index is 6.45. The molecule has 16 nitrogen and oxygen atoms in total. The van der Waals surface area contributed by atoms with E-state index < -0.39 is 0 Å². The van der Waals surface area contributed by atoms with Crippen LogP contribution in [0.2, 0.25) is 0 Å². The van der Waals surface area contributed by atoms with Crippen LogP contribution in [0.3, 0.4) is 0 Å². The summed E-state index contributed by atoms with van der Waals surface area (Å²) in [6.45, 7) is 1.50. The number of hydrogen-bond donors (Lipinski definition) is 0. The van der Waals surface area contributed by atoms with E-state index in [1.165, 1.54) is 0 Å². The van der Waals surface area contributed by atoms with E-state index in [-0.39, 0.29) is 24.0 Å². The van der Waals surface area contributed by atoms with Crippen LogP contribution in [0, 0.1) is 0 Å². The van der Waals surface area contributed by atoms with Gasteiger partial charge in [-0.05, 0) is 154 Å². The summed E-state index contributed by atoms with van der Waals surface area (Å²) in [5.41, 5.74) is 11.2. The molecule has 0 amide bonds. The lowest BCUT2D eigenvalue weighted by molar-refractivity contribution is 0.395. The molecule has 16 bridgehead atoms. The van der Waals surface area contributed by atoms with Crippen LogP contribution in [-0.2, 0) is 26.2 Å². The standard InChI is InChI=1S/C66H48N12O4/c1-5-35-67-53(15-1)41-77(42-54-16-2-6-36-68-54)61-71-63-75-64(72-61)80-58-29-21-46(22-30-58)50-12-10-14-52(40-50)48-25-33-60(34-26-48)82-66-74-62(78(43-55-17-3-7-37-69-55)44-56-18-4-8-38-70-56)73-65(76-66)81-59-31-23-47(24-32-59)51-13-9-11-49(39-51)45-19-27-57(79-63)28-20-45/h1-40H,41-44H2. The number of pyridine rings is 4. The molecule has 0 radical (unpaired) electrons. The molecule has 6 aromatic carbocycles. The minimum atomic E-state index is 0.0489. The Labute approximate surface area is 472 Å². The van der Waals surface area contributed by atoms with Gasteiger partial charge in [-0.3, -0.25) is 19.9 Å². The third-order valence-corrected chi connectivity index (χ3v) is 13.4. The van der Waals surface area contributed by atoms with E-state index in [4.69, 9.17) is 48.9 Å². The molecule has 19 rings (SSSR count). The Kier molecular flexibility index (Phi) is 14.3. The van der Waals surface area contributed by atoms with Crippen molar-refractivity contribution in [2.45, 2.75) is 26.2 Å². The summed E-state index contributed by atoms with van der Waals surface area (Å²) in [6, 6.07) is 71.2. The van der Waals surface area contributed by atoms with E-state index in [2.05, 4.69) is 56.3 Å². The Morgan fingerprint density at radius 2 is 0.500 bits per heavy atom. The van der Waals surface area contributed by atoms with Gasteiger partial charge in [0.1, 0.15) is 23.0 Å². The molecule has 396 valence electrons. The first-order chi connectivity index (χ1) is 40.5. The van der Waals surface area contributed by atoms with Crippen molar-refractivity contribution in [3.8, 4) is 91.5 Å². The Morgan fingerprint density at radius 3 is 0.732 bits per heavy atom. The van der Waals surface area contributed by atoms with Gasteiger partial charge in [-0.25, -0.2) is 0 Å². The molecule has 0 fully saturated rings. The van der Waals surface area contributed by atoms with Crippen LogP contribution in [0.5, 0.6) is 47.0 Å². The molecule has 12 aromatic rings. The molecule has 0 saturated carbocycles. The van der Waals surface area contributed by atoms with Gasteiger partial charge in [0, 0.05) is 24.8 Å². The first-order valence-electron chi connectivity index (χ1n) is 26.5. The van der Waals surface area contributed by atoms with E-state index >= 15 is 0 Å². The zero-order chi connectivity index (χ0) is 54.9. The molecule has 7 aliphatic heterocycles. The van der Waals surface area contributed by atoms with Gasteiger partial charge in [0.2, 0.25) is 11.9 Å². The Hall–Kier alpha value is -11.3. The summed E-state index contributed by atoms with van der Waals surface area (Å²) >= 11 is 0. The first-order valence-corrected chi connectivity index (χ1v) is 26.5. The van der Waals surface area contributed by atoms with Crippen LogP contribution >= 0.6 is 0 Å². The van der Waals surface area contributed by atoms with Crippen molar-refractivity contribution in [2.24, 2.45) is 0 Å².